The number of aromatic amines is 1. The summed E-state index contributed by atoms with van der Waals surface area (Å²) in [6.45, 7) is 6.01. The standard InChI is InChI=1S/C19H18F3NO5/c1-9-15(11(3)24)10(2)23-16(9)17(25)12(4)27-18(26)13-5-7-14(8-6-13)28-19(20,21)22/h5-8,12,23H,1-4H3. The molecule has 150 valence electrons. The lowest BCUT2D eigenvalue weighted by Gasteiger charge is -2.13. The molecule has 0 bridgehead atoms. The second-order valence-corrected chi connectivity index (χ2v) is 6.17. The maximum absolute atomic E-state index is 12.6. The summed E-state index contributed by atoms with van der Waals surface area (Å²) in [6, 6.07) is 4.12. The van der Waals surface area contributed by atoms with E-state index < -0.39 is 30.0 Å². The van der Waals surface area contributed by atoms with Gasteiger partial charge < -0.3 is 14.5 Å². The summed E-state index contributed by atoms with van der Waals surface area (Å²) >= 11 is 0. The monoisotopic (exact) mass is 397 g/mol. The molecule has 0 aliphatic carbocycles. The van der Waals surface area contributed by atoms with Crippen molar-refractivity contribution in [3.05, 3.63) is 52.3 Å². The summed E-state index contributed by atoms with van der Waals surface area (Å²) < 4.78 is 45.3. The van der Waals surface area contributed by atoms with Crippen LogP contribution in [0.1, 0.15) is 56.3 Å². The number of nitrogens with one attached hydrogen (secondary N) is 1. The number of carbonyl (C=O) groups excluding carboxylic acids is 3. The van der Waals surface area contributed by atoms with E-state index in [1.807, 2.05) is 0 Å². The number of hydrogen-bond donors (Lipinski definition) is 1. The van der Waals surface area contributed by atoms with E-state index in [1.165, 1.54) is 13.8 Å². The molecule has 0 fully saturated rings. The Bertz CT molecular complexity index is 913. The zero-order valence-corrected chi connectivity index (χ0v) is 15.6. The quantitative estimate of drug-likeness (QED) is 0.584. The van der Waals surface area contributed by atoms with Crippen LogP contribution in [0, 0.1) is 13.8 Å². The first kappa shape index (κ1) is 21.2. The number of H-pyrrole nitrogens is 1. The van der Waals surface area contributed by atoms with Gasteiger partial charge in [0.1, 0.15) is 5.75 Å². The Morgan fingerprint density at radius 2 is 1.64 bits per heavy atom. The van der Waals surface area contributed by atoms with Gasteiger partial charge in [-0.1, -0.05) is 0 Å². The number of rotatable bonds is 6. The number of carbonyl (C=O) groups is 3. The van der Waals surface area contributed by atoms with Crippen molar-refractivity contribution in [3.8, 4) is 5.75 Å². The molecule has 0 saturated heterocycles. The van der Waals surface area contributed by atoms with Crippen molar-refractivity contribution in [1.82, 2.24) is 4.98 Å². The molecule has 9 heteroatoms. The Balaban J connectivity index is 2.11. The molecule has 0 amide bonds. The van der Waals surface area contributed by atoms with Crippen LogP contribution in [0.5, 0.6) is 5.75 Å². The van der Waals surface area contributed by atoms with Gasteiger partial charge >= 0.3 is 12.3 Å². The molecular formula is C19H18F3NO5. The highest BCUT2D eigenvalue weighted by Gasteiger charge is 2.31. The minimum atomic E-state index is -4.84. The smallest absolute Gasteiger partial charge is 0.451 e. The Kier molecular flexibility index (Phi) is 5.96. The maximum atomic E-state index is 12.6. The van der Waals surface area contributed by atoms with Crippen molar-refractivity contribution in [1.29, 1.82) is 0 Å². The molecule has 0 aliphatic rings. The van der Waals surface area contributed by atoms with E-state index in [0.717, 1.165) is 24.3 Å². The maximum Gasteiger partial charge on any atom is 0.573 e. The first-order valence-corrected chi connectivity index (χ1v) is 8.21. The predicted molar refractivity (Wildman–Crippen MR) is 92.6 cm³/mol. The fourth-order valence-electron chi connectivity index (χ4n) is 2.80. The molecule has 1 N–H and O–H groups in total. The third-order valence-electron chi connectivity index (χ3n) is 4.01. The van der Waals surface area contributed by atoms with Crippen LogP contribution < -0.4 is 4.74 Å². The van der Waals surface area contributed by atoms with Gasteiger partial charge in [0.15, 0.2) is 11.9 Å². The third kappa shape index (κ3) is 4.79. The Morgan fingerprint density at radius 3 is 2.11 bits per heavy atom. The lowest BCUT2D eigenvalue weighted by Crippen LogP contribution is -2.25. The molecule has 1 atom stereocenters. The summed E-state index contributed by atoms with van der Waals surface area (Å²) in [6.07, 6.45) is -6.01. The van der Waals surface area contributed by atoms with E-state index in [4.69, 9.17) is 4.74 Å². The highest BCUT2D eigenvalue weighted by Crippen LogP contribution is 2.24. The van der Waals surface area contributed by atoms with Gasteiger partial charge in [0.2, 0.25) is 5.78 Å². The van der Waals surface area contributed by atoms with Gasteiger partial charge in [-0.05, 0) is 57.5 Å². The van der Waals surface area contributed by atoms with E-state index >= 15 is 0 Å². The number of Topliss-reactive ketones (excluding diaryl/α,β-unsaturated/α-hetero) is 2. The van der Waals surface area contributed by atoms with Crippen LogP contribution >= 0.6 is 0 Å². The number of aryl methyl sites for hydroxylation is 1. The summed E-state index contributed by atoms with van der Waals surface area (Å²) in [5.41, 5.74) is 1.52. The summed E-state index contributed by atoms with van der Waals surface area (Å²) in [5, 5.41) is 0. The van der Waals surface area contributed by atoms with Gasteiger partial charge in [0.25, 0.3) is 0 Å². The van der Waals surface area contributed by atoms with Gasteiger partial charge in [-0.3, -0.25) is 9.59 Å². The van der Waals surface area contributed by atoms with Crippen LogP contribution in [0.4, 0.5) is 13.2 Å². The average molecular weight is 397 g/mol. The summed E-state index contributed by atoms with van der Waals surface area (Å²) in [7, 11) is 0. The molecule has 0 saturated carbocycles. The fourth-order valence-corrected chi connectivity index (χ4v) is 2.80. The summed E-state index contributed by atoms with van der Waals surface area (Å²) in [5.74, 6) is -2.09. The molecule has 1 unspecified atom stereocenters. The fraction of sp³-hybridized carbons (Fsp3) is 0.316. The molecule has 1 aromatic carbocycles. The van der Waals surface area contributed by atoms with Crippen molar-refractivity contribution in [2.24, 2.45) is 0 Å². The number of esters is 1. The molecule has 0 aliphatic heterocycles. The van der Waals surface area contributed by atoms with Crippen LogP contribution in [0.2, 0.25) is 0 Å². The molecule has 6 nitrogen and oxygen atoms in total. The van der Waals surface area contributed by atoms with E-state index in [0.29, 0.717) is 16.8 Å². The summed E-state index contributed by atoms with van der Waals surface area (Å²) in [4.78, 5) is 39.2. The van der Waals surface area contributed by atoms with Crippen LogP contribution in [0.25, 0.3) is 0 Å². The largest absolute Gasteiger partial charge is 0.573 e. The van der Waals surface area contributed by atoms with Crippen molar-refractivity contribution in [3.63, 3.8) is 0 Å². The molecule has 28 heavy (non-hydrogen) atoms. The zero-order chi connectivity index (χ0) is 21.2. The van der Waals surface area contributed by atoms with E-state index in [1.54, 1.807) is 13.8 Å². The number of aromatic nitrogens is 1. The molecule has 2 aromatic rings. The molecule has 2 rings (SSSR count). The minimum absolute atomic E-state index is 0.0435. The van der Waals surface area contributed by atoms with Gasteiger partial charge in [0, 0.05) is 11.3 Å². The molecular weight excluding hydrogens is 379 g/mol. The van der Waals surface area contributed by atoms with Crippen molar-refractivity contribution in [2.75, 3.05) is 0 Å². The van der Waals surface area contributed by atoms with Crippen molar-refractivity contribution in [2.45, 2.75) is 40.2 Å². The number of alkyl halides is 3. The van der Waals surface area contributed by atoms with Crippen LogP contribution in [0.15, 0.2) is 24.3 Å². The van der Waals surface area contributed by atoms with Gasteiger partial charge in [0.05, 0.1) is 11.3 Å². The van der Waals surface area contributed by atoms with E-state index in [-0.39, 0.29) is 17.0 Å². The lowest BCUT2D eigenvalue weighted by molar-refractivity contribution is -0.274. The highest BCUT2D eigenvalue weighted by molar-refractivity contribution is 6.05. The highest BCUT2D eigenvalue weighted by atomic mass is 19.4. The van der Waals surface area contributed by atoms with Crippen LogP contribution in [0.3, 0.4) is 0 Å². The second kappa shape index (κ2) is 7.87. The molecule has 0 radical (unpaired) electrons. The van der Waals surface area contributed by atoms with Gasteiger partial charge in [-0.15, -0.1) is 13.2 Å². The minimum Gasteiger partial charge on any atom is -0.451 e. The Hall–Kier alpha value is -3.10. The topological polar surface area (TPSA) is 85.5 Å². The zero-order valence-electron chi connectivity index (χ0n) is 15.6. The van der Waals surface area contributed by atoms with Crippen LogP contribution in [-0.2, 0) is 4.74 Å². The van der Waals surface area contributed by atoms with Crippen LogP contribution in [-0.4, -0.2) is 35.0 Å². The normalized spacial score (nSPS) is 12.4. The number of hydrogen-bond acceptors (Lipinski definition) is 5. The molecule has 1 aromatic heterocycles. The predicted octanol–water partition coefficient (Wildman–Crippen LogP) is 4.16. The SMILES string of the molecule is CC(=O)c1c(C)[nH]c(C(=O)C(C)OC(=O)c2ccc(OC(F)(F)F)cc2)c1C. The first-order chi connectivity index (χ1) is 12.9. The third-order valence-corrected chi connectivity index (χ3v) is 4.01. The average Bonchev–Trinajstić information content (AvgIpc) is 2.87. The number of halogens is 3. The van der Waals surface area contributed by atoms with Gasteiger partial charge in [-0.25, -0.2) is 4.79 Å². The lowest BCUT2D eigenvalue weighted by atomic mass is 10.0. The number of benzene rings is 1. The van der Waals surface area contributed by atoms with Crippen molar-refractivity contribution < 1.29 is 37.0 Å². The van der Waals surface area contributed by atoms with Gasteiger partial charge in [-0.2, -0.15) is 0 Å². The second-order valence-electron chi connectivity index (χ2n) is 6.17. The Labute approximate surface area is 158 Å². The van der Waals surface area contributed by atoms with E-state index in [9.17, 15) is 27.6 Å². The number of ketones is 2. The molecule has 1 heterocycles. The van der Waals surface area contributed by atoms with Crippen molar-refractivity contribution >= 4 is 17.5 Å². The molecule has 0 spiro atoms. The number of ether oxygens (including phenoxy) is 2. The van der Waals surface area contributed by atoms with E-state index in [2.05, 4.69) is 9.72 Å². The Morgan fingerprint density at radius 1 is 1.07 bits per heavy atom. The first-order valence-electron chi connectivity index (χ1n) is 8.21.